The Kier molecular flexibility index (Phi) is 7.36. The van der Waals surface area contributed by atoms with Gasteiger partial charge in [0.15, 0.2) is 0 Å². The van der Waals surface area contributed by atoms with Crippen molar-refractivity contribution >= 4 is 35.8 Å². The van der Waals surface area contributed by atoms with E-state index in [1.807, 2.05) is 0 Å². The molecule has 0 aromatic heterocycles. The number of nitrogens with zero attached hydrogens (tertiary/aromatic N) is 3. The standard InChI is InChI=1S/C15H17F6N3O8S3/c1-13(2)7-11(24(34(29,30)14(16,17)18)35(31,32)15(19,20)21)8-22(9-13)33(27,28)12-5-3-10(4-6-12)23(25)26/h3-6,11H,7-9H2,1-2H3. The molecule has 0 radical (unpaired) electrons. The van der Waals surface area contributed by atoms with E-state index in [0.29, 0.717) is 4.31 Å². The number of non-ortho nitro benzene ring substituents is 1. The van der Waals surface area contributed by atoms with Crippen molar-refractivity contribution < 1.29 is 56.5 Å². The third kappa shape index (κ3) is 5.54. The van der Waals surface area contributed by atoms with Crippen molar-refractivity contribution in [3.63, 3.8) is 0 Å². The largest absolute Gasteiger partial charge is 0.512 e. The highest BCUT2D eigenvalue weighted by atomic mass is 32.3. The highest BCUT2D eigenvalue weighted by Crippen LogP contribution is 2.42. The molecular formula is C15H17F6N3O8S3. The van der Waals surface area contributed by atoms with Crippen LogP contribution in [0, 0.1) is 15.5 Å². The first-order valence-electron chi connectivity index (χ1n) is 9.12. The summed E-state index contributed by atoms with van der Waals surface area (Å²) in [6.45, 7) is 0.425. The smallest absolute Gasteiger partial charge is 0.258 e. The van der Waals surface area contributed by atoms with Crippen LogP contribution in [0.4, 0.5) is 32.0 Å². The second-order valence-electron chi connectivity index (χ2n) is 8.20. The fourth-order valence-electron chi connectivity index (χ4n) is 3.48. The van der Waals surface area contributed by atoms with Crippen molar-refractivity contribution in [2.45, 2.75) is 42.2 Å². The molecule has 1 saturated heterocycles. The zero-order chi connectivity index (χ0) is 27.4. The van der Waals surface area contributed by atoms with Gasteiger partial charge in [0.1, 0.15) is 0 Å². The number of alkyl halides is 6. The first-order chi connectivity index (χ1) is 15.4. The van der Waals surface area contributed by atoms with Crippen LogP contribution in [0.2, 0.25) is 0 Å². The lowest BCUT2D eigenvalue weighted by atomic mass is 9.83. The van der Waals surface area contributed by atoms with Gasteiger partial charge in [0.05, 0.1) is 15.9 Å². The molecule has 1 heterocycles. The maximum Gasteiger partial charge on any atom is 0.512 e. The Hall–Kier alpha value is -2.03. The number of piperidine rings is 1. The molecule has 11 nitrogen and oxygen atoms in total. The van der Waals surface area contributed by atoms with Crippen LogP contribution in [-0.4, -0.2) is 68.3 Å². The molecule has 35 heavy (non-hydrogen) atoms. The fraction of sp³-hybridized carbons (Fsp3) is 0.600. The van der Waals surface area contributed by atoms with E-state index in [1.165, 1.54) is 13.8 Å². The number of nitro benzene ring substituents is 1. The minimum absolute atomic E-state index is 0.327. The minimum atomic E-state index is -7.15. The average Bonchev–Trinajstić information content (AvgIpc) is 2.64. The third-order valence-corrected chi connectivity index (χ3v) is 10.6. The SMILES string of the molecule is CC1(C)CC(N(S(=O)(=O)C(F)(F)F)S(=O)(=O)C(F)(F)F)CN(S(=O)(=O)c2ccc([N+](=O)[O-])cc2)C1. The normalized spacial score (nSPS) is 20.7. The molecule has 200 valence electrons. The average molecular weight is 578 g/mol. The van der Waals surface area contributed by atoms with Crippen LogP contribution >= 0.6 is 0 Å². The van der Waals surface area contributed by atoms with Gasteiger partial charge in [-0.1, -0.05) is 17.6 Å². The van der Waals surface area contributed by atoms with Gasteiger partial charge in [-0.05, 0) is 24.0 Å². The van der Waals surface area contributed by atoms with Gasteiger partial charge in [-0.15, -0.1) is 0 Å². The molecular weight excluding hydrogens is 560 g/mol. The topological polar surface area (TPSA) is 152 Å². The zero-order valence-electron chi connectivity index (χ0n) is 17.6. The Morgan fingerprint density at radius 1 is 0.943 bits per heavy atom. The molecule has 0 bridgehead atoms. The summed E-state index contributed by atoms with van der Waals surface area (Å²) in [5.74, 6) is 0. The molecule has 1 atom stereocenters. The maximum absolute atomic E-state index is 13.2. The van der Waals surface area contributed by atoms with Gasteiger partial charge in [0.25, 0.3) is 5.69 Å². The van der Waals surface area contributed by atoms with Gasteiger partial charge in [-0.2, -0.15) is 30.6 Å². The summed E-state index contributed by atoms with van der Waals surface area (Å²) in [7, 11) is -19.1. The number of sulfonamides is 3. The van der Waals surface area contributed by atoms with Crippen molar-refractivity contribution in [2.75, 3.05) is 13.1 Å². The van der Waals surface area contributed by atoms with E-state index in [-0.39, 0.29) is 0 Å². The summed E-state index contributed by atoms with van der Waals surface area (Å²) in [5.41, 5.74) is -15.0. The Labute approximate surface area is 195 Å². The van der Waals surface area contributed by atoms with Crippen molar-refractivity contribution in [1.29, 1.82) is 0 Å². The van der Waals surface area contributed by atoms with Crippen LogP contribution in [0.15, 0.2) is 29.2 Å². The fourth-order valence-corrected chi connectivity index (χ4v) is 8.16. The molecule has 1 aromatic carbocycles. The van der Waals surface area contributed by atoms with Crippen LogP contribution < -0.4 is 0 Å². The van der Waals surface area contributed by atoms with Crippen LogP contribution in [-0.2, 0) is 30.1 Å². The molecule has 20 heteroatoms. The molecule has 0 N–H and O–H groups in total. The number of halogens is 6. The Balaban J connectivity index is 2.66. The molecule has 0 amide bonds. The number of rotatable bonds is 6. The van der Waals surface area contributed by atoms with E-state index in [9.17, 15) is 61.7 Å². The van der Waals surface area contributed by atoms with Crippen LogP contribution in [0.25, 0.3) is 0 Å². The van der Waals surface area contributed by atoms with E-state index in [1.54, 1.807) is 0 Å². The second-order valence-corrected chi connectivity index (χ2v) is 14.0. The lowest BCUT2D eigenvalue weighted by molar-refractivity contribution is -0.384. The maximum atomic E-state index is 13.2. The summed E-state index contributed by atoms with van der Waals surface area (Å²) in [5, 5.41) is 10.8. The summed E-state index contributed by atoms with van der Waals surface area (Å²) in [4.78, 5) is 9.25. The summed E-state index contributed by atoms with van der Waals surface area (Å²) < 4.78 is 152. The second kappa shape index (κ2) is 8.82. The number of hydrogen-bond acceptors (Lipinski definition) is 8. The molecule has 2 rings (SSSR count). The third-order valence-electron chi connectivity index (χ3n) is 4.85. The molecule has 0 spiro atoms. The van der Waals surface area contributed by atoms with Gasteiger partial charge in [-0.25, -0.2) is 25.3 Å². The Bertz CT molecular complexity index is 1260. The monoisotopic (exact) mass is 577 g/mol. The van der Waals surface area contributed by atoms with Gasteiger partial charge in [-0.3, -0.25) is 10.1 Å². The van der Waals surface area contributed by atoms with Crippen molar-refractivity contribution in [3.05, 3.63) is 34.4 Å². The Morgan fingerprint density at radius 3 is 1.74 bits per heavy atom. The lowest BCUT2D eigenvalue weighted by Crippen LogP contribution is -2.61. The van der Waals surface area contributed by atoms with E-state index in [2.05, 4.69) is 0 Å². The van der Waals surface area contributed by atoms with Crippen molar-refractivity contribution in [3.8, 4) is 0 Å². The van der Waals surface area contributed by atoms with E-state index in [0.717, 1.165) is 24.3 Å². The predicted octanol–water partition coefficient (Wildman–Crippen LogP) is 2.39. The minimum Gasteiger partial charge on any atom is -0.258 e. The predicted molar refractivity (Wildman–Crippen MR) is 106 cm³/mol. The number of nitro groups is 1. The van der Waals surface area contributed by atoms with Crippen molar-refractivity contribution in [2.24, 2.45) is 5.41 Å². The lowest BCUT2D eigenvalue weighted by Gasteiger charge is -2.44. The number of hydrogen-bond donors (Lipinski definition) is 0. The molecule has 0 saturated carbocycles. The first-order valence-corrected chi connectivity index (χ1v) is 13.4. The molecule has 1 aliphatic heterocycles. The van der Waals surface area contributed by atoms with Gasteiger partial charge in [0, 0.05) is 25.2 Å². The molecule has 1 fully saturated rings. The van der Waals surface area contributed by atoms with Gasteiger partial charge in [0.2, 0.25) is 10.0 Å². The summed E-state index contributed by atoms with van der Waals surface area (Å²) in [6, 6.07) is 0.425. The summed E-state index contributed by atoms with van der Waals surface area (Å²) >= 11 is 0. The van der Waals surface area contributed by atoms with Crippen LogP contribution in [0.1, 0.15) is 20.3 Å². The molecule has 1 aliphatic rings. The highest BCUT2D eigenvalue weighted by Gasteiger charge is 2.64. The Morgan fingerprint density at radius 2 is 1.37 bits per heavy atom. The van der Waals surface area contributed by atoms with Gasteiger partial charge >= 0.3 is 31.1 Å². The summed E-state index contributed by atoms with van der Waals surface area (Å²) in [6.07, 6.45) is -0.885. The number of benzene rings is 1. The first kappa shape index (κ1) is 29.2. The van der Waals surface area contributed by atoms with Crippen molar-refractivity contribution in [1.82, 2.24) is 8.02 Å². The quantitative estimate of drug-likeness (QED) is 0.284. The van der Waals surface area contributed by atoms with E-state index in [4.69, 9.17) is 0 Å². The zero-order valence-corrected chi connectivity index (χ0v) is 20.1. The molecule has 1 unspecified atom stereocenters. The van der Waals surface area contributed by atoms with Gasteiger partial charge < -0.3 is 0 Å². The molecule has 1 aromatic rings. The molecule has 0 aliphatic carbocycles. The van der Waals surface area contributed by atoms with Crippen LogP contribution in [0.3, 0.4) is 0 Å². The van der Waals surface area contributed by atoms with E-state index >= 15 is 0 Å². The van der Waals surface area contributed by atoms with E-state index < -0.39 is 91.3 Å². The van der Waals surface area contributed by atoms with Crippen LogP contribution in [0.5, 0.6) is 0 Å². The highest BCUT2D eigenvalue weighted by molar-refractivity contribution is 8.04.